The predicted octanol–water partition coefficient (Wildman–Crippen LogP) is 2.88. The van der Waals surface area contributed by atoms with E-state index in [4.69, 9.17) is 5.11 Å². The van der Waals surface area contributed by atoms with Crippen molar-refractivity contribution in [2.24, 2.45) is 0 Å². The van der Waals surface area contributed by atoms with Gasteiger partial charge in [0.05, 0.1) is 17.8 Å². The van der Waals surface area contributed by atoms with Crippen LogP contribution in [0.2, 0.25) is 0 Å². The Morgan fingerprint density at radius 3 is 2.45 bits per heavy atom. The molecule has 0 bridgehead atoms. The third kappa shape index (κ3) is 4.05. The molecule has 0 spiro atoms. The molecule has 0 atom stereocenters. The van der Waals surface area contributed by atoms with E-state index < -0.39 is 17.7 Å². The fourth-order valence-corrected chi connectivity index (χ4v) is 1.85. The summed E-state index contributed by atoms with van der Waals surface area (Å²) in [5, 5.41) is 14.4. The van der Waals surface area contributed by atoms with Gasteiger partial charge in [-0.25, -0.2) is 9.18 Å². The molecular formula is C16H15FN2O3. The number of nitrogens with one attached hydrogen (secondary N) is 2. The molecule has 2 rings (SSSR count). The van der Waals surface area contributed by atoms with Gasteiger partial charge >= 0.3 is 5.97 Å². The zero-order valence-corrected chi connectivity index (χ0v) is 11.9. The van der Waals surface area contributed by atoms with E-state index in [2.05, 4.69) is 10.6 Å². The van der Waals surface area contributed by atoms with Gasteiger partial charge in [-0.1, -0.05) is 17.7 Å². The van der Waals surface area contributed by atoms with E-state index >= 15 is 0 Å². The molecule has 0 fully saturated rings. The highest BCUT2D eigenvalue weighted by atomic mass is 19.1. The number of hydrogen-bond donors (Lipinski definition) is 3. The van der Waals surface area contributed by atoms with Gasteiger partial charge in [0, 0.05) is 5.69 Å². The minimum absolute atomic E-state index is 0.0283. The number of carboxylic acids is 1. The van der Waals surface area contributed by atoms with Crippen molar-refractivity contribution in [1.29, 1.82) is 0 Å². The largest absolute Gasteiger partial charge is 0.478 e. The molecule has 6 heteroatoms. The van der Waals surface area contributed by atoms with E-state index in [1.54, 1.807) is 0 Å². The molecule has 0 unspecified atom stereocenters. The van der Waals surface area contributed by atoms with E-state index in [9.17, 15) is 14.0 Å². The molecule has 0 aromatic heterocycles. The van der Waals surface area contributed by atoms with Crippen LogP contribution in [-0.4, -0.2) is 23.5 Å². The van der Waals surface area contributed by atoms with Crippen LogP contribution in [0.4, 0.5) is 15.8 Å². The number of hydrogen-bond acceptors (Lipinski definition) is 3. The highest BCUT2D eigenvalue weighted by Gasteiger charge is 2.13. The highest BCUT2D eigenvalue weighted by molar-refractivity contribution is 6.01. The summed E-state index contributed by atoms with van der Waals surface area (Å²) < 4.78 is 13.1. The maximum atomic E-state index is 13.1. The standard InChI is InChI=1S/C16H15FN2O3/c1-10-2-5-12(6-3-10)18-9-15(20)19-14-7-4-11(17)8-13(14)16(21)22/h2-8,18H,9H2,1H3,(H,19,20)(H,21,22). The maximum Gasteiger partial charge on any atom is 0.337 e. The maximum absolute atomic E-state index is 13.1. The molecule has 0 saturated carbocycles. The lowest BCUT2D eigenvalue weighted by molar-refractivity contribution is -0.114. The fourth-order valence-electron chi connectivity index (χ4n) is 1.85. The Morgan fingerprint density at radius 2 is 1.82 bits per heavy atom. The smallest absolute Gasteiger partial charge is 0.337 e. The van der Waals surface area contributed by atoms with Crippen LogP contribution in [0, 0.1) is 12.7 Å². The Labute approximate surface area is 126 Å². The lowest BCUT2D eigenvalue weighted by atomic mass is 10.1. The third-order valence-electron chi connectivity index (χ3n) is 2.99. The van der Waals surface area contributed by atoms with Crippen molar-refractivity contribution in [3.05, 3.63) is 59.4 Å². The van der Waals surface area contributed by atoms with E-state index in [0.717, 1.165) is 23.4 Å². The number of carbonyl (C=O) groups excluding carboxylic acids is 1. The topological polar surface area (TPSA) is 78.4 Å². The summed E-state index contributed by atoms with van der Waals surface area (Å²) in [5.41, 5.74) is 1.65. The number of aromatic carboxylic acids is 1. The van der Waals surface area contributed by atoms with Gasteiger partial charge < -0.3 is 15.7 Å². The van der Waals surface area contributed by atoms with E-state index in [1.165, 1.54) is 6.07 Å². The first-order chi connectivity index (χ1) is 10.5. The van der Waals surface area contributed by atoms with Crippen LogP contribution >= 0.6 is 0 Å². The van der Waals surface area contributed by atoms with Crippen LogP contribution in [0.15, 0.2) is 42.5 Å². The van der Waals surface area contributed by atoms with Crippen LogP contribution in [0.1, 0.15) is 15.9 Å². The van der Waals surface area contributed by atoms with Crippen LogP contribution in [0.5, 0.6) is 0 Å². The molecule has 5 nitrogen and oxygen atoms in total. The Bertz CT molecular complexity index is 699. The molecule has 114 valence electrons. The first-order valence-electron chi connectivity index (χ1n) is 6.59. The number of carboxylic acid groups (broad SMARTS) is 1. The summed E-state index contributed by atoms with van der Waals surface area (Å²) in [4.78, 5) is 22.9. The Balaban J connectivity index is 2.00. The van der Waals surface area contributed by atoms with Gasteiger partial charge in [0.2, 0.25) is 5.91 Å². The second-order valence-electron chi connectivity index (χ2n) is 4.76. The Kier molecular flexibility index (Phi) is 4.73. The lowest BCUT2D eigenvalue weighted by Gasteiger charge is -2.10. The summed E-state index contributed by atoms with van der Waals surface area (Å²) in [7, 11) is 0. The molecule has 0 radical (unpaired) electrons. The molecular weight excluding hydrogens is 287 g/mol. The van der Waals surface area contributed by atoms with Gasteiger partial charge in [0.25, 0.3) is 0 Å². The number of carbonyl (C=O) groups is 2. The zero-order valence-electron chi connectivity index (χ0n) is 11.9. The summed E-state index contributed by atoms with van der Waals surface area (Å²) in [6.07, 6.45) is 0. The van der Waals surface area contributed by atoms with E-state index in [-0.39, 0.29) is 17.8 Å². The molecule has 0 saturated heterocycles. The minimum Gasteiger partial charge on any atom is -0.478 e. The van der Waals surface area contributed by atoms with Crippen LogP contribution in [-0.2, 0) is 4.79 Å². The van der Waals surface area contributed by atoms with Crippen molar-refractivity contribution in [2.75, 3.05) is 17.2 Å². The minimum atomic E-state index is -1.30. The summed E-state index contributed by atoms with van der Waals surface area (Å²) in [5.74, 6) is -2.40. The molecule has 0 heterocycles. The van der Waals surface area contributed by atoms with Crippen molar-refractivity contribution in [1.82, 2.24) is 0 Å². The average molecular weight is 302 g/mol. The predicted molar refractivity (Wildman–Crippen MR) is 81.7 cm³/mol. The van der Waals surface area contributed by atoms with Crippen LogP contribution in [0.25, 0.3) is 0 Å². The molecule has 3 N–H and O–H groups in total. The number of benzene rings is 2. The Morgan fingerprint density at radius 1 is 1.14 bits per heavy atom. The van der Waals surface area contributed by atoms with Gasteiger partial charge in [0.1, 0.15) is 5.82 Å². The number of anilines is 2. The van der Waals surface area contributed by atoms with E-state index in [0.29, 0.717) is 0 Å². The number of amides is 1. The zero-order chi connectivity index (χ0) is 16.1. The SMILES string of the molecule is Cc1ccc(NCC(=O)Nc2ccc(F)cc2C(=O)O)cc1. The molecule has 2 aromatic rings. The second kappa shape index (κ2) is 6.71. The normalized spacial score (nSPS) is 10.1. The van der Waals surface area contributed by atoms with Gasteiger partial charge in [0.15, 0.2) is 0 Å². The van der Waals surface area contributed by atoms with Crippen LogP contribution < -0.4 is 10.6 Å². The first-order valence-corrected chi connectivity index (χ1v) is 6.59. The van der Waals surface area contributed by atoms with Gasteiger partial charge in [-0.3, -0.25) is 4.79 Å². The summed E-state index contributed by atoms with van der Waals surface area (Å²) >= 11 is 0. The van der Waals surface area contributed by atoms with Gasteiger partial charge in [-0.05, 0) is 37.3 Å². The molecule has 0 aliphatic rings. The fraction of sp³-hybridized carbons (Fsp3) is 0.125. The summed E-state index contributed by atoms with van der Waals surface area (Å²) in [6.45, 7) is 1.93. The number of rotatable bonds is 5. The average Bonchev–Trinajstić information content (AvgIpc) is 2.48. The van der Waals surface area contributed by atoms with Crippen molar-refractivity contribution in [3.63, 3.8) is 0 Å². The van der Waals surface area contributed by atoms with Gasteiger partial charge in [-0.15, -0.1) is 0 Å². The molecule has 2 aromatic carbocycles. The summed E-state index contributed by atoms with van der Waals surface area (Å²) in [6, 6.07) is 10.7. The molecule has 0 aliphatic carbocycles. The number of halogens is 1. The third-order valence-corrected chi connectivity index (χ3v) is 2.99. The lowest BCUT2D eigenvalue weighted by Crippen LogP contribution is -2.23. The number of aryl methyl sites for hydroxylation is 1. The highest BCUT2D eigenvalue weighted by Crippen LogP contribution is 2.17. The molecule has 1 amide bonds. The van der Waals surface area contributed by atoms with Crippen molar-refractivity contribution < 1.29 is 19.1 Å². The van der Waals surface area contributed by atoms with Gasteiger partial charge in [-0.2, -0.15) is 0 Å². The quantitative estimate of drug-likeness (QED) is 0.793. The van der Waals surface area contributed by atoms with Crippen molar-refractivity contribution in [3.8, 4) is 0 Å². The molecule has 22 heavy (non-hydrogen) atoms. The second-order valence-corrected chi connectivity index (χ2v) is 4.76. The molecule has 0 aliphatic heterocycles. The van der Waals surface area contributed by atoms with Crippen molar-refractivity contribution >= 4 is 23.3 Å². The first kappa shape index (κ1) is 15.5. The monoisotopic (exact) mass is 302 g/mol. The van der Waals surface area contributed by atoms with Crippen LogP contribution in [0.3, 0.4) is 0 Å². The Hall–Kier alpha value is -2.89. The van der Waals surface area contributed by atoms with E-state index in [1.807, 2.05) is 31.2 Å². The van der Waals surface area contributed by atoms with Crippen molar-refractivity contribution in [2.45, 2.75) is 6.92 Å².